The average Bonchev–Trinajstić information content (AvgIpc) is 2.44. The van der Waals surface area contributed by atoms with Crippen molar-refractivity contribution in [3.05, 3.63) is 29.8 Å². The predicted molar refractivity (Wildman–Crippen MR) is 78.8 cm³/mol. The molecule has 1 aromatic rings. The quantitative estimate of drug-likeness (QED) is 0.734. The summed E-state index contributed by atoms with van der Waals surface area (Å²) in [5.41, 5.74) is 6.00. The van der Waals surface area contributed by atoms with E-state index in [9.17, 15) is 9.59 Å². The molecule has 2 N–H and O–H groups in total. The van der Waals surface area contributed by atoms with E-state index in [1.807, 2.05) is 18.4 Å². The van der Waals surface area contributed by atoms with Gasteiger partial charge in [-0.15, -0.1) is 11.8 Å². The van der Waals surface area contributed by atoms with Gasteiger partial charge in [0.05, 0.1) is 6.61 Å². The first-order chi connectivity index (χ1) is 9.56. The standard InChI is InChI=1S/C14H19NO4S/c1-3-18-14(17)12(20-2)8-10-4-6-11(7-5-10)19-9-13(15)16/h4-7,12H,3,8-9H2,1-2H3,(H2,15,16). The number of rotatable bonds is 8. The lowest BCUT2D eigenvalue weighted by molar-refractivity contribution is -0.142. The molecule has 20 heavy (non-hydrogen) atoms. The van der Waals surface area contributed by atoms with E-state index in [4.69, 9.17) is 15.2 Å². The lowest BCUT2D eigenvalue weighted by Gasteiger charge is -2.13. The van der Waals surface area contributed by atoms with Gasteiger partial charge in [-0.05, 0) is 37.3 Å². The third-order valence-electron chi connectivity index (χ3n) is 2.56. The summed E-state index contributed by atoms with van der Waals surface area (Å²) in [5, 5.41) is -0.215. The summed E-state index contributed by atoms with van der Waals surface area (Å²) in [6, 6.07) is 7.22. The lowest BCUT2D eigenvalue weighted by Crippen LogP contribution is -2.22. The van der Waals surface area contributed by atoms with Crippen LogP contribution in [0.3, 0.4) is 0 Å². The molecule has 110 valence electrons. The highest BCUT2D eigenvalue weighted by Crippen LogP contribution is 2.18. The molecule has 0 radical (unpaired) electrons. The fraction of sp³-hybridized carbons (Fsp3) is 0.429. The Bertz CT molecular complexity index is 447. The van der Waals surface area contributed by atoms with E-state index in [-0.39, 0.29) is 17.8 Å². The fourth-order valence-corrected chi connectivity index (χ4v) is 2.21. The van der Waals surface area contributed by atoms with Crippen LogP contribution in [0.4, 0.5) is 0 Å². The highest BCUT2D eigenvalue weighted by Gasteiger charge is 2.18. The maximum atomic E-state index is 11.7. The van der Waals surface area contributed by atoms with Gasteiger partial charge in [0.2, 0.25) is 0 Å². The van der Waals surface area contributed by atoms with Gasteiger partial charge in [-0.25, -0.2) is 0 Å². The highest BCUT2D eigenvalue weighted by molar-refractivity contribution is 7.99. The second kappa shape index (κ2) is 8.47. The number of amides is 1. The monoisotopic (exact) mass is 297 g/mol. The smallest absolute Gasteiger partial charge is 0.319 e. The molecule has 0 aliphatic carbocycles. The number of carbonyl (C=O) groups is 2. The van der Waals surface area contributed by atoms with Crippen molar-refractivity contribution in [2.45, 2.75) is 18.6 Å². The summed E-state index contributed by atoms with van der Waals surface area (Å²) in [4.78, 5) is 22.3. The van der Waals surface area contributed by atoms with Crippen LogP contribution >= 0.6 is 11.8 Å². The number of benzene rings is 1. The molecule has 1 aromatic carbocycles. The molecule has 0 fully saturated rings. The van der Waals surface area contributed by atoms with Crippen LogP contribution in [0.25, 0.3) is 0 Å². The van der Waals surface area contributed by atoms with Gasteiger partial charge in [-0.1, -0.05) is 12.1 Å². The number of hydrogen-bond donors (Lipinski definition) is 1. The Morgan fingerprint density at radius 1 is 1.30 bits per heavy atom. The van der Waals surface area contributed by atoms with Gasteiger partial charge in [0.15, 0.2) is 6.61 Å². The Kier molecular flexibility index (Phi) is 6.93. The number of primary amides is 1. The Balaban J connectivity index is 2.59. The van der Waals surface area contributed by atoms with Crippen LogP contribution in [0.15, 0.2) is 24.3 Å². The summed E-state index contributed by atoms with van der Waals surface area (Å²) in [5.74, 6) is -0.141. The molecular weight excluding hydrogens is 278 g/mol. The molecule has 0 aromatic heterocycles. The van der Waals surface area contributed by atoms with Crippen LogP contribution in [0.2, 0.25) is 0 Å². The summed E-state index contributed by atoms with van der Waals surface area (Å²) < 4.78 is 10.2. The second-order valence-electron chi connectivity index (χ2n) is 4.08. The lowest BCUT2D eigenvalue weighted by atomic mass is 10.1. The van der Waals surface area contributed by atoms with Gasteiger partial charge < -0.3 is 15.2 Å². The van der Waals surface area contributed by atoms with Gasteiger partial charge in [0.25, 0.3) is 5.91 Å². The minimum absolute atomic E-state index is 0.143. The molecule has 1 atom stereocenters. The van der Waals surface area contributed by atoms with Gasteiger partial charge >= 0.3 is 5.97 Å². The highest BCUT2D eigenvalue weighted by atomic mass is 32.2. The molecule has 0 saturated heterocycles. The largest absolute Gasteiger partial charge is 0.484 e. The number of carbonyl (C=O) groups excluding carboxylic acids is 2. The first-order valence-corrected chi connectivity index (χ1v) is 7.55. The van der Waals surface area contributed by atoms with Gasteiger partial charge in [-0.3, -0.25) is 9.59 Å². The number of ether oxygens (including phenoxy) is 2. The maximum Gasteiger partial charge on any atom is 0.319 e. The van der Waals surface area contributed by atoms with Crippen LogP contribution in [0.5, 0.6) is 5.75 Å². The number of thioether (sulfide) groups is 1. The number of esters is 1. The third kappa shape index (κ3) is 5.52. The first kappa shape index (κ1) is 16.4. The summed E-state index contributed by atoms with van der Waals surface area (Å²) in [7, 11) is 0. The molecular formula is C14H19NO4S. The van der Waals surface area contributed by atoms with Gasteiger partial charge in [-0.2, -0.15) is 0 Å². The van der Waals surface area contributed by atoms with E-state index in [2.05, 4.69) is 0 Å². The number of nitrogens with two attached hydrogens (primary N) is 1. The topological polar surface area (TPSA) is 78.6 Å². The minimum Gasteiger partial charge on any atom is -0.484 e. The van der Waals surface area contributed by atoms with E-state index in [1.165, 1.54) is 11.8 Å². The first-order valence-electron chi connectivity index (χ1n) is 6.26. The van der Waals surface area contributed by atoms with E-state index < -0.39 is 5.91 Å². The van der Waals surface area contributed by atoms with E-state index in [0.717, 1.165) is 5.56 Å². The van der Waals surface area contributed by atoms with Crippen LogP contribution in [0, 0.1) is 0 Å². The molecule has 0 spiro atoms. The SMILES string of the molecule is CCOC(=O)C(Cc1ccc(OCC(N)=O)cc1)SC. The molecule has 0 aliphatic heterocycles. The van der Waals surface area contributed by atoms with Crippen molar-refractivity contribution < 1.29 is 19.1 Å². The molecule has 6 heteroatoms. The van der Waals surface area contributed by atoms with E-state index in [0.29, 0.717) is 18.8 Å². The van der Waals surface area contributed by atoms with Gasteiger partial charge in [0, 0.05) is 0 Å². The maximum absolute atomic E-state index is 11.7. The number of hydrogen-bond acceptors (Lipinski definition) is 5. The van der Waals surface area contributed by atoms with Crippen LogP contribution in [0.1, 0.15) is 12.5 Å². The summed E-state index contributed by atoms with van der Waals surface area (Å²) >= 11 is 1.46. The van der Waals surface area contributed by atoms with Crippen molar-refractivity contribution in [3.8, 4) is 5.75 Å². The molecule has 0 aliphatic rings. The van der Waals surface area contributed by atoms with Crippen molar-refractivity contribution in [1.29, 1.82) is 0 Å². The molecule has 1 rings (SSSR count). The van der Waals surface area contributed by atoms with Crippen LogP contribution in [-0.4, -0.2) is 36.6 Å². The fourth-order valence-electron chi connectivity index (χ4n) is 1.59. The van der Waals surface area contributed by atoms with Crippen molar-refractivity contribution >= 4 is 23.6 Å². The molecule has 0 bridgehead atoms. The molecule has 0 heterocycles. The zero-order valence-corrected chi connectivity index (χ0v) is 12.4. The Morgan fingerprint density at radius 3 is 2.45 bits per heavy atom. The molecule has 1 unspecified atom stereocenters. The third-order valence-corrected chi connectivity index (χ3v) is 3.49. The summed E-state index contributed by atoms with van der Waals surface area (Å²) in [6.45, 7) is 2.03. The average molecular weight is 297 g/mol. The van der Waals surface area contributed by atoms with Crippen LogP contribution in [-0.2, 0) is 20.7 Å². The van der Waals surface area contributed by atoms with Crippen molar-refractivity contribution in [1.82, 2.24) is 0 Å². The zero-order valence-electron chi connectivity index (χ0n) is 11.6. The summed E-state index contributed by atoms with van der Waals surface area (Å²) in [6.07, 6.45) is 2.47. The Hall–Kier alpha value is -1.69. The van der Waals surface area contributed by atoms with Crippen molar-refractivity contribution in [2.75, 3.05) is 19.5 Å². The predicted octanol–water partition coefficient (Wildman–Crippen LogP) is 1.39. The van der Waals surface area contributed by atoms with Crippen molar-refractivity contribution in [3.63, 3.8) is 0 Å². The van der Waals surface area contributed by atoms with Crippen LogP contribution < -0.4 is 10.5 Å². The second-order valence-corrected chi connectivity index (χ2v) is 5.12. The normalized spacial score (nSPS) is 11.7. The molecule has 1 amide bonds. The van der Waals surface area contributed by atoms with E-state index in [1.54, 1.807) is 19.1 Å². The molecule has 0 saturated carbocycles. The van der Waals surface area contributed by atoms with Gasteiger partial charge in [0.1, 0.15) is 11.0 Å². The zero-order chi connectivity index (χ0) is 15.0. The Labute approximate surface area is 122 Å². The van der Waals surface area contributed by atoms with Crippen molar-refractivity contribution in [2.24, 2.45) is 5.73 Å². The molecule has 5 nitrogen and oxygen atoms in total. The Morgan fingerprint density at radius 2 is 1.95 bits per heavy atom. The van der Waals surface area contributed by atoms with E-state index >= 15 is 0 Å². The minimum atomic E-state index is -0.515.